The molecule has 26 heavy (non-hydrogen) atoms. The van der Waals surface area contributed by atoms with Crippen LogP contribution in [0, 0.1) is 0 Å². The quantitative estimate of drug-likeness (QED) is 0.739. The van der Waals surface area contributed by atoms with Gasteiger partial charge in [0, 0.05) is 5.41 Å². The van der Waals surface area contributed by atoms with Crippen molar-refractivity contribution in [2.45, 2.75) is 51.9 Å². The molecular weight excluding hydrogens is 350 g/mol. The second-order valence-corrected chi connectivity index (χ2v) is 7.33. The summed E-state index contributed by atoms with van der Waals surface area (Å²) >= 11 is 1.47. The minimum absolute atomic E-state index is 0.153. The number of nitrogens with zero attached hydrogens (tertiary/aromatic N) is 2. The Morgan fingerprint density at radius 3 is 2.31 bits per heavy atom. The number of anilines is 1. The second kappa shape index (κ2) is 8.03. The van der Waals surface area contributed by atoms with Crippen molar-refractivity contribution < 1.29 is 14.3 Å². The SMILES string of the molecule is CCOc1cccc(OCC)c1C(=O)Nc1nnc(C2(CC)CCC2)s1. The first-order chi connectivity index (χ1) is 12.6. The van der Waals surface area contributed by atoms with Crippen molar-refractivity contribution in [1.29, 1.82) is 0 Å². The summed E-state index contributed by atoms with van der Waals surface area (Å²) in [6, 6.07) is 5.36. The standard InChI is InChI=1S/C19H25N3O3S/c1-4-19(11-8-12-19)17-21-22-18(26-17)20-16(23)15-13(24-5-2)9-7-10-14(15)25-6-3/h7,9-10H,4-6,8,11-12H2,1-3H3,(H,20,22,23). The number of hydrogen-bond donors (Lipinski definition) is 1. The number of carbonyl (C=O) groups excluding carboxylic acids is 1. The molecule has 1 aliphatic rings. The average molecular weight is 375 g/mol. The molecule has 140 valence electrons. The van der Waals surface area contributed by atoms with Gasteiger partial charge >= 0.3 is 0 Å². The molecule has 1 aromatic carbocycles. The van der Waals surface area contributed by atoms with Gasteiger partial charge in [0.1, 0.15) is 22.1 Å². The van der Waals surface area contributed by atoms with E-state index < -0.39 is 0 Å². The number of nitrogens with one attached hydrogen (secondary N) is 1. The Balaban J connectivity index is 1.83. The molecule has 1 saturated carbocycles. The van der Waals surface area contributed by atoms with E-state index in [-0.39, 0.29) is 11.3 Å². The van der Waals surface area contributed by atoms with Crippen LogP contribution in [0.4, 0.5) is 5.13 Å². The lowest BCUT2D eigenvalue weighted by molar-refractivity contribution is 0.101. The molecule has 3 rings (SSSR count). The Labute approximate surface area is 157 Å². The second-order valence-electron chi connectivity index (χ2n) is 6.35. The molecule has 2 aromatic rings. The van der Waals surface area contributed by atoms with E-state index in [1.807, 2.05) is 19.9 Å². The number of hydrogen-bond acceptors (Lipinski definition) is 6. The van der Waals surface area contributed by atoms with Gasteiger partial charge in [0.05, 0.1) is 13.2 Å². The Bertz CT molecular complexity index is 741. The molecule has 0 spiro atoms. The van der Waals surface area contributed by atoms with E-state index in [0.29, 0.717) is 35.4 Å². The van der Waals surface area contributed by atoms with Gasteiger partial charge < -0.3 is 9.47 Å². The Hall–Kier alpha value is -2.15. The predicted molar refractivity (Wildman–Crippen MR) is 102 cm³/mol. The van der Waals surface area contributed by atoms with Crippen molar-refractivity contribution in [3.8, 4) is 11.5 Å². The molecule has 0 radical (unpaired) electrons. The van der Waals surface area contributed by atoms with Crippen LogP contribution in [0.1, 0.15) is 61.8 Å². The smallest absolute Gasteiger partial charge is 0.265 e. The third-order valence-corrected chi connectivity index (χ3v) is 5.99. The van der Waals surface area contributed by atoms with Crippen LogP contribution in [0.2, 0.25) is 0 Å². The van der Waals surface area contributed by atoms with E-state index in [4.69, 9.17) is 9.47 Å². The number of aromatic nitrogens is 2. The van der Waals surface area contributed by atoms with Crippen molar-refractivity contribution in [3.05, 3.63) is 28.8 Å². The van der Waals surface area contributed by atoms with Crippen LogP contribution >= 0.6 is 11.3 Å². The molecule has 1 heterocycles. The summed E-state index contributed by atoms with van der Waals surface area (Å²) in [6.07, 6.45) is 4.58. The number of amides is 1. The first kappa shape index (κ1) is 18.6. The zero-order chi connectivity index (χ0) is 18.6. The minimum atomic E-state index is -0.292. The van der Waals surface area contributed by atoms with E-state index in [9.17, 15) is 4.79 Å². The first-order valence-corrected chi connectivity index (χ1v) is 9.99. The molecule has 1 fully saturated rings. The molecule has 0 atom stereocenters. The van der Waals surface area contributed by atoms with Gasteiger partial charge in [-0.2, -0.15) is 0 Å². The van der Waals surface area contributed by atoms with Gasteiger partial charge in [-0.1, -0.05) is 30.7 Å². The number of benzene rings is 1. The molecule has 0 saturated heterocycles. The summed E-state index contributed by atoms with van der Waals surface area (Å²) in [7, 11) is 0. The fraction of sp³-hybridized carbons (Fsp3) is 0.526. The summed E-state index contributed by atoms with van der Waals surface area (Å²) in [6.45, 7) is 6.89. The largest absolute Gasteiger partial charge is 0.493 e. The highest BCUT2D eigenvalue weighted by Crippen LogP contribution is 2.47. The van der Waals surface area contributed by atoms with Crippen molar-refractivity contribution in [3.63, 3.8) is 0 Å². The fourth-order valence-electron chi connectivity index (χ4n) is 3.26. The van der Waals surface area contributed by atoms with Crippen molar-refractivity contribution in [2.75, 3.05) is 18.5 Å². The summed E-state index contributed by atoms with van der Waals surface area (Å²) in [5.74, 6) is 0.716. The summed E-state index contributed by atoms with van der Waals surface area (Å²) < 4.78 is 11.2. The van der Waals surface area contributed by atoms with E-state index in [0.717, 1.165) is 24.3 Å². The van der Waals surface area contributed by atoms with Crippen LogP contribution in [0.25, 0.3) is 0 Å². The molecule has 6 nitrogen and oxygen atoms in total. The zero-order valence-corrected chi connectivity index (χ0v) is 16.3. The lowest BCUT2D eigenvalue weighted by Gasteiger charge is -2.38. The molecule has 1 N–H and O–H groups in total. The topological polar surface area (TPSA) is 73.3 Å². The minimum Gasteiger partial charge on any atom is -0.493 e. The highest BCUT2D eigenvalue weighted by Gasteiger charge is 2.40. The summed E-state index contributed by atoms with van der Waals surface area (Å²) in [4.78, 5) is 12.9. The Morgan fingerprint density at radius 1 is 1.15 bits per heavy atom. The van der Waals surface area contributed by atoms with Crippen LogP contribution in [-0.4, -0.2) is 29.3 Å². The maximum absolute atomic E-state index is 12.9. The van der Waals surface area contributed by atoms with Crippen LogP contribution in [0.3, 0.4) is 0 Å². The molecule has 1 aromatic heterocycles. The van der Waals surface area contributed by atoms with Crippen LogP contribution in [0.15, 0.2) is 18.2 Å². The zero-order valence-electron chi connectivity index (χ0n) is 15.5. The highest BCUT2D eigenvalue weighted by molar-refractivity contribution is 7.15. The monoisotopic (exact) mass is 375 g/mol. The molecule has 1 amide bonds. The van der Waals surface area contributed by atoms with Crippen LogP contribution < -0.4 is 14.8 Å². The number of ether oxygens (including phenoxy) is 2. The predicted octanol–water partition coefficient (Wildman–Crippen LogP) is 4.42. The van der Waals surface area contributed by atoms with Crippen molar-refractivity contribution >= 4 is 22.4 Å². The molecule has 0 bridgehead atoms. The van der Waals surface area contributed by atoms with Gasteiger partial charge in [-0.3, -0.25) is 10.1 Å². The van der Waals surface area contributed by atoms with E-state index in [1.54, 1.807) is 12.1 Å². The Morgan fingerprint density at radius 2 is 1.81 bits per heavy atom. The maximum atomic E-state index is 12.9. The summed E-state index contributed by atoms with van der Waals surface area (Å²) in [5, 5.41) is 12.9. The lowest BCUT2D eigenvalue weighted by Crippen LogP contribution is -2.33. The normalized spacial score (nSPS) is 15.2. The van der Waals surface area contributed by atoms with Crippen molar-refractivity contribution in [1.82, 2.24) is 10.2 Å². The van der Waals surface area contributed by atoms with Gasteiger partial charge in [0.15, 0.2) is 0 Å². The third kappa shape index (κ3) is 3.53. The maximum Gasteiger partial charge on any atom is 0.265 e. The molecule has 0 unspecified atom stereocenters. The number of carbonyl (C=O) groups is 1. The van der Waals surface area contributed by atoms with E-state index in [1.165, 1.54) is 17.8 Å². The molecule has 0 aliphatic heterocycles. The third-order valence-electron chi connectivity index (χ3n) is 4.90. The van der Waals surface area contributed by atoms with Gasteiger partial charge in [-0.05, 0) is 45.2 Å². The van der Waals surface area contributed by atoms with Crippen LogP contribution in [0.5, 0.6) is 11.5 Å². The molecule has 1 aliphatic carbocycles. The summed E-state index contributed by atoms with van der Waals surface area (Å²) in [5.41, 5.74) is 0.544. The fourth-order valence-corrected chi connectivity index (χ4v) is 4.31. The molecular formula is C19H25N3O3S. The van der Waals surface area contributed by atoms with Crippen molar-refractivity contribution in [2.24, 2.45) is 0 Å². The van der Waals surface area contributed by atoms with Gasteiger partial charge in [-0.25, -0.2) is 0 Å². The van der Waals surface area contributed by atoms with E-state index in [2.05, 4.69) is 22.4 Å². The first-order valence-electron chi connectivity index (χ1n) is 9.17. The van der Waals surface area contributed by atoms with Gasteiger partial charge in [0.25, 0.3) is 5.91 Å². The molecule has 7 heteroatoms. The van der Waals surface area contributed by atoms with Gasteiger partial charge in [0.2, 0.25) is 5.13 Å². The van der Waals surface area contributed by atoms with E-state index >= 15 is 0 Å². The Kier molecular flexibility index (Phi) is 5.76. The average Bonchev–Trinajstić information content (AvgIpc) is 3.04. The number of rotatable bonds is 8. The van der Waals surface area contributed by atoms with Crippen LogP contribution in [-0.2, 0) is 5.41 Å². The highest BCUT2D eigenvalue weighted by atomic mass is 32.1. The lowest BCUT2D eigenvalue weighted by atomic mass is 9.67. The van der Waals surface area contributed by atoms with Gasteiger partial charge in [-0.15, -0.1) is 10.2 Å².